The number of ether oxygens (including phenoxy) is 2. The first-order valence-electron chi connectivity index (χ1n) is 9.47. The Labute approximate surface area is 190 Å². The number of nitrogens with one attached hydrogen (secondary N) is 2. The van der Waals surface area contributed by atoms with Crippen LogP contribution in [0.3, 0.4) is 0 Å². The molecule has 8 heteroatoms. The van der Waals surface area contributed by atoms with Crippen molar-refractivity contribution in [2.45, 2.75) is 39.5 Å². The molecule has 3 N–H and O–H groups in total. The molecule has 7 nitrogen and oxygen atoms in total. The van der Waals surface area contributed by atoms with E-state index in [9.17, 15) is 5.11 Å². The molecule has 1 atom stereocenters. The Morgan fingerprint density at radius 1 is 1.21 bits per heavy atom. The van der Waals surface area contributed by atoms with Crippen LogP contribution in [0.1, 0.15) is 38.0 Å². The quantitative estimate of drug-likeness (QED) is 0.271. The first-order chi connectivity index (χ1) is 13.5. The summed E-state index contributed by atoms with van der Waals surface area (Å²) in [6.45, 7) is 7.47. The van der Waals surface area contributed by atoms with Crippen molar-refractivity contribution in [3.05, 3.63) is 53.7 Å². The van der Waals surface area contributed by atoms with Gasteiger partial charge >= 0.3 is 0 Å². The molecule has 0 bridgehead atoms. The average Bonchev–Trinajstić information content (AvgIpc) is 2.69. The van der Waals surface area contributed by atoms with E-state index in [2.05, 4.69) is 20.6 Å². The molecule has 1 aromatic heterocycles. The van der Waals surface area contributed by atoms with Gasteiger partial charge in [-0.05, 0) is 50.1 Å². The first-order valence-corrected chi connectivity index (χ1v) is 9.47. The highest BCUT2D eigenvalue weighted by molar-refractivity contribution is 14.0. The summed E-state index contributed by atoms with van der Waals surface area (Å²) in [5.41, 5.74) is 1.78. The van der Waals surface area contributed by atoms with Crippen molar-refractivity contribution in [3.63, 3.8) is 0 Å². The molecule has 0 radical (unpaired) electrons. The molecule has 1 heterocycles. The van der Waals surface area contributed by atoms with Crippen LogP contribution in [0.4, 0.5) is 0 Å². The van der Waals surface area contributed by atoms with Crippen molar-refractivity contribution in [3.8, 4) is 11.6 Å². The third-order valence-electron chi connectivity index (χ3n) is 3.85. The van der Waals surface area contributed by atoms with Crippen LogP contribution in [0.2, 0.25) is 0 Å². The molecule has 0 spiro atoms. The number of aliphatic hydroxyl groups is 1. The lowest BCUT2D eigenvalue weighted by molar-refractivity contribution is 0.179. The second kappa shape index (κ2) is 13.2. The average molecular weight is 514 g/mol. The molecule has 0 amide bonds. The third kappa shape index (κ3) is 8.86. The minimum atomic E-state index is -0.680. The number of rotatable bonds is 9. The van der Waals surface area contributed by atoms with Gasteiger partial charge in [0, 0.05) is 25.4 Å². The molecule has 1 aromatic carbocycles. The Morgan fingerprint density at radius 3 is 2.69 bits per heavy atom. The molecule has 2 aromatic rings. The van der Waals surface area contributed by atoms with Gasteiger partial charge in [-0.15, -0.1) is 24.0 Å². The topological polar surface area (TPSA) is 88.0 Å². The van der Waals surface area contributed by atoms with Crippen LogP contribution in [-0.4, -0.2) is 42.4 Å². The van der Waals surface area contributed by atoms with Crippen molar-refractivity contribution < 1.29 is 14.6 Å². The number of aliphatic hydroxyl groups excluding tert-OH is 1. The third-order valence-corrected chi connectivity index (χ3v) is 3.85. The summed E-state index contributed by atoms with van der Waals surface area (Å²) in [6.07, 6.45) is 1.10. The van der Waals surface area contributed by atoms with Gasteiger partial charge in [-0.3, -0.25) is 0 Å². The lowest BCUT2D eigenvalue weighted by Crippen LogP contribution is -2.39. The number of nitrogens with zero attached hydrogens (tertiary/aromatic N) is 2. The van der Waals surface area contributed by atoms with Gasteiger partial charge in [0.15, 0.2) is 5.96 Å². The number of hydrogen-bond donors (Lipinski definition) is 3. The summed E-state index contributed by atoms with van der Waals surface area (Å²) in [7, 11) is 1.59. The van der Waals surface area contributed by atoms with Crippen LogP contribution < -0.4 is 20.1 Å². The monoisotopic (exact) mass is 514 g/mol. The van der Waals surface area contributed by atoms with Crippen molar-refractivity contribution >= 4 is 29.9 Å². The highest BCUT2D eigenvalue weighted by atomic mass is 127. The fraction of sp³-hybridized carbons (Fsp3) is 0.429. The number of pyridine rings is 1. The Bertz CT molecular complexity index is 771. The summed E-state index contributed by atoms with van der Waals surface area (Å²) < 4.78 is 10.8. The number of methoxy groups -OCH3 is 1. The molecule has 0 aliphatic carbocycles. The van der Waals surface area contributed by atoms with Crippen LogP contribution in [0, 0.1) is 0 Å². The van der Waals surface area contributed by atoms with E-state index in [1.807, 2.05) is 57.2 Å². The number of hydrogen-bond acceptors (Lipinski definition) is 5. The minimum absolute atomic E-state index is 0. The Balaban J connectivity index is 0.00000420. The molecule has 1 unspecified atom stereocenters. The van der Waals surface area contributed by atoms with Crippen molar-refractivity contribution in [1.29, 1.82) is 0 Å². The summed E-state index contributed by atoms with van der Waals surface area (Å²) in [5, 5.41) is 16.9. The van der Waals surface area contributed by atoms with Gasteiger partial charge in [0.2, 0.25) is 5.88 Å². The zero-order valence-corrected chi connectivity index (χ0v) is 19.7. The fourth-order valence-electron chi connectivity index (χ4n) is 2.55. The van der Waals surface area contributed by atoms with Crippen LogP contribution in [0.15, 0.2) is 47.6 Å². The minimum Gasteiger partial charge on any atom is -0.491 e. The zero-order chi connectivity index (χ0) is 20.4. The van der Waals surface area contributed by atoms with Crippen LogP contribution >= 0.6 is 24.0 Å². The van der Waals surface area contributed by atoms with Gasteiger partial charge in [-0.2, -0.15) is 0 Å². The van der Waals surface area contributed by atoms with E-state index in [1.54, 1.807) is 13.3 Å². The summed E-state index contributed by atoms with van der Waals surface area (Å²) >= 11 is 0. The van der Waals surface area contributed by atoms with Gasteiger partial charge in [-0.25, -0.2) is 9.98 Å². The largest absolute Gasteiger partial charge is 0.491 e. The van der Waals surface area contributed by atoms with E-state index in [1.165, 1.54) is 0 Å². The Kier molecular flexibility index (Phi) is 11.4. The maximum absolute atomic E-state index is 10.5. The van der Waals surface area contributed by atoms with E-state index < -0.39 is 6.10 Å². The van der Waals surface area contributed by atoms with E-state index in [0.29, 0.717) is 24.9 Å². The van der Waals surface area contributed by atoms with E-state index in [4.69, 9.17) is 9.47 Å². The second-order valence-electron chi connectivity index (χ2n) is 6.54. The summed E-state index contributed by atoms with van der Waals surface area (Å²) in [6, 6.07) is 11.3. The number of benzene rings is 1. The maximum atomic E-state index is 10.5. The lowest BCUT2D eigenvalue weighted by atomic mass is 10.1. The van der Waals surface area contributed by atoms with Gasteiger partial charge in [-0.1, -0.05) is 12.1 Å². The molecule has 0 saturated heterocycles. The molecular weight excluding hydrogens is 483 g/mol. The van der Waals surface area contributed by atoms with Gasteiger partial charge < -0.3 is 25.2 Å². The fourth-order valence-corrected chi connectivity index (χ4v) is 2.55. The predicted octanol–water partition coefficient (Wildman–Crippen LogP) is 3.28. The second-order valence-corrected chi connectivity index (χ2v) is 6.54. The van der Waals surface area contributed by atoms with Crippen molar-refractivity contribution in [2.75, 3.05) is 20.2 Å². The molecule has 160 valence electrons. The van der Waals surface area contributed by atoms with E-state index in [0.717, 1.165) is 23.4 Å². The number of halogens is 1. The molecule has 0 aliphatic heterocycles. The predicted molar refractivity (Wildman–Crippen MR) is 126 cm³/mol. The molecule has 0 fully saturated rings. The Hall–Kier alpha value is -2.07. The smallest absolute Gasteiger partial charge is 0.213 e. The van der Waals surface area contributed by atoms with Gasteiger partial charge in [0.25, 0.3) is 0 Å². The first kappa shape index (κ1) is 25.0. The number of aromatic nitrogens is 1. The van der Waals surface area contributed by atoms with Crippen molar-refractivity contribution in [2.24, 2.45) is 4.99 Å². The molecule has 0 aliphatic rings. The van der Waals surface area contributed by atoms with Crippen molar-refractivity contribution in [1.82, 2.24) is 15.6 Å². The summed E-state index contributed by atoms with van der Waals surface area (Å²) in [5.74, 6) is 1.94. The zero-order valence-electron chi connectivity index (χ0n) is 17.4. The van der Waals surface area contributed by atoms with Gasteiger partial charge in [0.1, 0.15) is 5.75 Å². The maximum Gasteiger partial charge on any atom is 0.213 e. The molecule has 29 heavy (non-hydrogen) atoms. The Morgan fingerprint density at radius 2 is 2.00 bits per heavy atom. The van der Waals surface area contributed by atoms with Crippen LogP contribution in [-0.2, 0) is 6.54 Å². The number of guanidine groups is 1. The standard InChI is InChI=1S/C21H30N4O3.HI/c1-5-22-21(24-13-16-9-10-23-20(11-16)27-4)25-14-19(26)17-7-6-8-18(12-17)28-15(2)3;/h6-12,15,19,26H,5,13-14H2,1-4H3,(H2,22,24,25);1H. The highest BCUT2D eigenvalue weighted by Crippen LogP contribution is 2.20. The number of aliphatic imine (C=N–C) groups is 1. The molecular formula is C21H31IN4O3. The molecule has 0 saturated carbocycles. The van der Waals surface area contributed by atoms with Crippen LogP contribution in [0.5, 0.6) is 11.6 Å². The molecule has 2 rings (SSSR count). The highest BCUT2D eigenvalue weighted by Gasteiger charge is 2.10. The SMILES string of the molecule is CCNC(=NCc1ccnc(OC)c1)NCC(O)c1cccc(OC(C)C)c1.I. The van der Waals surface area contributed by atoms with E-state index in [-0.39, 0.29) is 30.1 Å². The summed E-state index contributed by atoms with van der Waals surface area (Å²) in [4.78, 5) is 8.65. The lowest BCUT2D eigenvalue weighted by Gasteiger charge is -2.17. The van der Waals surface area contributed by atoms with Crippen LogP contribution in [0.25, 0.3) is 0 Å². The van der Waals surface area contributed by atoms with Gasteiger partial charge in [0.05, 0.1) is 25.9 Å². The normalized spacial score (nSPS) is 12.1. The van der Waals surface area contributed by atoms with E-state index >= 15 is 0 Å².